The molecule has 10 heteroatoms. The first-order valence-corrected chi connectivity index (χ1v) is 8.98. The summed E-state index contributed by atoms with van der Waals surface area (Å²) in [7, 11) is -2.31. The number of carbonyl (C=O) groups excluding carboxylic acids is 1. The second-order valence-corrected chi connectivity index (χ2v) is 7.61. The van der Waals surface area contributed by atoms with Gasteiger partial charge in [-0.25, -0.2) is 8.42 Å². The summed E-state index contributed by atoms with van der Waals surface area (Å²) in [5.41, 5.74) is 0.509. The van der Waals surface area contributed by atoms with Gasteiger partial charge in [-0.2, -0.15) is 17.5 Å². The number of benzene rings is 1. The van der Waals surface area contributed by atoms with Crippen LogP contribution in [0.15, 0.2) is 23.1 Å². The molecular formula is C15H19F3N2O4S. The Bertz CT molecular complexity index is 742. The van der Waals surface area contributed by atoms with E-state index in [1.54, 1.807) is 13.0 Å². The molecule has 1 saturated heterocycles. The zero-order chi connectivity index (χ0) is 18.8. The Morgan fingerprint density at radius 3 is 2.28 bits per heavy atom. The Labute approximate surface area is 144 Å². The van der Waals surface area contributed by atoms with E-state index in [1.165, 1.54) is 23.5 Å². The minimum Gasteiger partial charge on any atom is -0.497 e. The second kappa shape index (κ2) is 7.20. The van der Waals surface area contributed by atoms with Gasteiger partial charge in [-0.3, -0.25) is 4.79 Å². The van der Waals surface area contributed by atoms with E-state index in [-0.39, 0.29) is 31.1 Å². The minimum atomic E-state index is -4.57. The average molecular weight is 380 g/mol. The lowest BCUT2D eigenvalue weighted by molar-refractivity contribution is -0.162. The van der Waals surface area contributed by atoms with Crippen LogP contribution >= 0.6 is 0 Å². The Hall–Kier alpha value is -1.81. The van der Waals surface area contributed by atoms with Gasteiger partial charge in [0.1, 0.15) is 12.2 Å². The number of alkyl halides is 3. The van der Waals surface area contributed by atoms with Gasteiger partial charge in [0.25, 0.3) is 0 Å². The molecule has 2 rings (SSSR count). The molecule has 0 radical (unpaired) electrons. The molecule has 1 fully saturated rings. The molecule has 0 N–H and O–H groups in total. The van der Waals surface area contributed by atoms with E-state index in [0.29, 0.717) is 11.3 Å². The molecule has 6 nitrogen and oxygen atoms in total. The second-order valence-electron chi connectivity index (χ2n) is 5.71. The number of ether oxygens (including phenoxy) is 1. The molecule has 0 unspecified atom stereocenters. The van der Waals surface area contributed by atoms with E-state index in [2.05, 4.69) is 0 Å². The Morgan fingerprint density at radius 2 is 1.80 bits per heavy atom. The minimum absolute atomic E-state index is 0.0442. The van der Waals surface area contributed by atoms with Gasteiger partial charge in [-0.1, -0.05) is 0 Å². The van der Waals surface area contributed by atoms with Crippen LogP contribution in [0.1, 0.15) is 12.0 Å². The maximum absolute atomic E-state index is 12.7. The molecule has 1 aromatic carbocycles. The number of hydrogen-bond donors (Lipinski definition) is 0. The highest BCUT2D eigenvalue weighted by Crippen LogP contribution is 2.26. The number of halogens is 3. The fraction of sp³-hybridized carbons (Fsp3) is 0.533. The Balaban J connectivity index is 2.08. The predicted octanol–water partition coefficient (Wildman–Crippen LogP) is 1.79. The van der Waals surface area contributed by atoms with Crippen LogP contribution in [0.3, 0.4) is 0 Å². The summed E-state index contributed by atoms with van der Waals surface area (Å²) < 4.78 is 68.5. The maximum Gasteiger partial charge on any atom is 0.397 e. The lowest BCUT2D eigenvalue weighted by Crippen LogP contribution is -2.51. The van der Waals surface area contributed by atoms with Crippen LogP contribution in [0.25, 0.3) is 0 Å². The number of nitrogens with zero attached hydrogens (tertiary/aromatic N) is 2. The fourth-order valence-electron chi connectivity index (χ4n) is 2.64. The van der Waals surface area contributed by atoms with Gasteiger partial charge in [0.15, 0.2) is 0 Å². The Morgan fingerprint density at radius 1 is 1.20 bits per heavy atom. The summed E-state index contributed by atoms with van der Waals surface area (Å²) in [5.74, 6) is -0.510. The van der Waals surface area contributed by atoms with Crippen molar-refractivity contribution < 1.29 is 31.1 Å². The molecule has 0 atom stereocenters. The number of piperazine rings is 1. The van der Waals surface area contributed by atoms with E-state index in [4.69, 9.17) is 4.74 Å². The van der Waals surface area contributed by atoms with Gasteiger partial charge in [0.2, 0.25) is 15.9 Å². The number of sulfonamides is 1. The van der Waals surface area contributed by atoms with Gasteiger partial charge in [0, 0.05) is 26.2 Å². The molecule has 0 aromatic heterocycles. The van der Waals surface area contributed by atoms with Crippen molar-refractivity contribution in [3.8, 4) is 5.75 Å². The summed E-state index contributed by atoms with van der Waals surface area (Å²) in [5, 5.41) is 0. The summed E-state index contributed by atoms with van der Waals surface area (Å²) >= 11 is 0. The van der Waals surface area contributed by atoms with Crippen LogP contribution < -0.4 is 4.74 Å². The third kappa shape index (κ3) is 4.63. The fourth-order valence-corrected chi connectivity index (χ4v) is 4.27. The van der Waals surface area contributed by atoms with E-state index in [9.17, 15) is 26.4 Å². The highest BCUT2D eigenvalue weighted by molar-refractivity contribution is 7.89. The molecule has 0 aliphatic carbocycles. The molecule has 1 aliphatic rings. The topological polar surface area (TPSA) is 66.9 Å². The lowest BCUT2D eigenvalue weighted by atomic mass is 10.2. The van der Waals surface area contributed by atoms with Crippen LogP contribution in [0.4, 0.5) is 13.2 Å². The van der Waals surface area contributed by atoms with Crippen molar-refractivity contribution in [3.05, 3.63) is 23.8 Å². The van der Waals surface area contributed by atoms with Crippen LogP contribution in [-0.2, 0) is 14.8 Å². The average Bonchev–Trinajstić information content (AvgIpc) is 2.53. The zero-order valence-corrected chi connectivity index (χ0v) is 14.7. The highest BCUT2D eigenvalue weighted by atomic mass is 32.2. The van der Waals surface area contributed by atoms with Gasteiger partial charge in [0.05, 0.1) is 12.0 Å². The molecule has 25 heavy (non-hydrogen) atoms. The number of rotatable bonds is 4. The smallest absolute Gasteiger partial charge is 0.397 e. The molecule has 0 spiro atoms. The Kier molecular flexibility index (Phi) is 5.62. The van der Waals surface area contributed by atoms with Gasteiger partial charge in [-0.05, 0) is 30.7 Å². The molecule has 1 aliphatic heterocycles. The molecule has 0 bridgehead atoms. The largest absolute Gasteiger partial charge is 0.497 e. The van der Waals surface area contributed by atoms with Crippen molar-refractivity contribution in [2.45, 2.75) is 24.4 Å². The van der Waals surface area contributed by atoms with E-state index in [1.807, 2.05) is 0 Å². The summed E-state index contributed by atoms with van der Waals surface area (Å²) in [6.45, 7) is 1.42. The van der Waals surface area contributed by atoms with Gasteiger partial charge < -0.3 is 9.64 Å². The summed E-state index contributed by atoms with van der Waals surface area (Å²) in [6, 6.07) is 4.56. The van der Waals surface area contributed by atoms with Crippen molar-refractivity contribution in [1.82, 2.24) is 9.21 Å². The van der Waals surface area contributed by atoms with Crippen LogP contribution in [0.5, 0.6) is 5.75 Å². The van der Waals surface area contributed by atoms with Crippen molar-refractivity contribution in [3.63, 3.8) is 0 Å². The summed E-state index contributed by atoms with van der Waals surface area (Å²) in [4.78, 5) is 12.7. The van der Waals surface area contributed by atoms with Gasteiger partial charge in [-0.15, -0.1) is 0 Å². The lowest BCUT2D eigenvalue weighted by Gasteiger charge is -2.34. The molecule has 140 valence electrons. The molecule has 1 heterocycles. The van der Waals surface area contributed by atoms with Crippen molar-refractivity contribution in [2.75, 3.05) is 33.3 Å². The quantitative estimate of drug-likeness (QED) is 0.799. The SMILES string of the molecule is COc1ccc(S(=O)(=O)N2CCN(C(=O)CC(F)(F)F)CC2)c(C)c1. The zero-order valence-electron chi connectivity index (χ0n) is 13.8. The van der Waals surface area contributed by atoms with Gasteiger partial charge >= 0.3 is 6.18 Å². The van der Waals surface area contributed by atoms with Crippen molar-refractivity contribution in [2.24, 2.45) is 0 Å². The first kappa shape index (κ1) is 19.5. The standard InChI is InChI=1S/C15H19F3N2O4S/c1-11-9-12(24-2)3-4-13(11)25(22,23)20-7-5-19(6-8-20)14(21)10-15(16,17)18/h3-4,9H,5-8,10H2,1-2H3. The summed E-state index contributed by atoms with van der Waals surface area (Å²) in [6.07, 6.45) is -6.10. The third-order valence-corrected chi connectivity index (χ3v) is 6.00. The van der Waals surface area contributed by atoms with E-state index in [0.717, 1.165) is 4.90 Å². The van der Waals surface area contributed by atoms with Crippen molar-refractivity contribution >= 4 is 15.9 Å². The third-order valence-electron chi connectivity index (χ3n) is 3.94. The number of amides is 1. The van der Waals surface area contributed by atoms with Crippen LogP contribution in [0.2, 0.25) is 0 Å². The first-order chi connectivity index (χ1) is 11.5. The van der Waals surface area contributed by atoms with Crippen LogP contribution in [0, 0.1) is 6.92 Å². The molecule has 1 amide bonds. The normalized spacial score (nSPS) is 16.8. The van der Waals surface area contributed by atoms with Crippen molar-refractivity contribution in [1.29, 1.82) is 0 Å². The molecule has 1 aromatic rings. The molecule has 0 saturated carbocycles. The number of hydrogen-bond acceptors (Lipinski definition) is 4. The van der Waals surface area contributed by atoms with E-state index < -0.39 is 28.5 Å². The maximum atomic E-state index is 12.7. The first-order valence-electron chi connectivity index (χ1n) is 7.54. The monoisotopic (exact) mass is 380 g/mol. The number of carbonyl (C=O) groups is 1. The number of methoxy groups -OCH3 is 1. The number of aryl methyl sites for hydroxylation is 1. The molecular weight excluding hydrogens is 361 g/mol. The predicted molar refractivity (Wildman–Crippen MR) is 83.7 cm³/mol. The van der Waals surface area contributed by atoms with E-state index >= 15 is 0 Å². The van der Waals surface area contributed by atoms with Crippen LogP contribution in [-0.4, -0.2) is 63.0 Å². The highest BCUT2D eigenvalue weighted by Gasteiger charge is 2.36.